The van der Waals surface area contributed by atoms with Crippen LogP contribution < -0.4 is 0 Å². The maximum Gasteiger partial charge on any atom is 0.255 e. The minimum absolute atomic E-state index is 0.0534. The van der Waals surface area contributed by atoms with Crippen molar-refractivity contribution in [1.82, 2.24) is 19.7 Å². The first-order valence-corrected chi connectivity index (χ1v) is 12.7. The molecule has 1 aromatic heterocycles. The van der Waals surface area contributed by atoms with Crippen LogP contribution >= 0.6 is 23.2 Å². The van der Waals surface area contributed by atoms with Crippen LogP contribution in [0.15, 0.2) is 42.7 Å². The predicted molar refractivity (Wildman–Crippen MR) is 135 cm³/mol. The van der Waals surface area contributed by atoms with Gasteiger partial charge in [0.05, 0.1) is 15.6 Å². The topological polar surface area (TPSA) is 73.8 Å². The third-order valence-electron chi connectivity index (χ3n) is 7.28. The zero-order valence-electron chi connectivity index (χ0n) is 20.0. The molecule has 1 aromatic carbocycles. The van der Waals surface area contributed by atoms with Crippen molar-refractivity contribution in [2.45, 2.75) is 38.1 Å². The molecule has 9 heteroatoms. The van der Waals surface area contributed by atoms with E-state index in [1.165, 1.54) is 0 Å². The van der Waals surface area contributed by atoms with Crippen molar-refractivity contribution in [2.24, 2.45) is 5.92 Å². The van der Waals surface area contributed by atoms with E-state index in [1.807, 2.05) is 17.0 Å². The highest BCUT2D eigenvalue weighted by atomic mass is 35.5. The lowest BCUT2D eigenvalue weighted by Gasteiger charge is -2.44. The number of piperidine rings is 2. The van der Waals surface area contributed by atoms with Crippen LogP contribution in [0.4, 0.5) is 0 Å². The molecule has 7 nitrogen and oxygen atoms in total. The molecule has 0 N–H and O–H groups in total. The molecular weight excluding hydrogens is 487 g/mol. The van der Waals surface area contributed by atoms with Gasteiger partial charge in [0.2, 0.25) is 11.8 Å². The van der Waals surface area contributed by atoms with Crippen LogP contribution in [0.2, 0.25) is 10.0 Å². The summed E-state index contributed by atoms with van der Waals surface area (Å²) in [6, 6.07) is 8.90. The molecule has 2 aliphatic rings. The van der Waals surface area contributed by atoms with Gasteiger partial charge >= 0.3 is 0 Å². The Balaban J connectivity index is 1.55. The molecule has 0 unspecified atom stereocenters. The smallest absolute Gasteiger partial charge is 0.255 e. The van der Waals surface area contributed by atoms with E-state index in [4.69, 9.17) is 23.2 Å². The van der Waals surface area contributed by atoms with Gasteiger partial charge in [-0.2, -0.15) is 0 Å². The van der Waals surface area contributed by atoms with Crippen molar-refractivity contribution in [3.05, 3.63) is 63.9 Å². The number of halogens is 2. The van der Waals surface area contributed by atoms with E-state index in [0.717, 1.165) is 5.56 Å². The zero-order chi connectivity index (χ0) is 25.1. The van der Waals surface area contributed by atoms with E-state index in [9.17, 15) is 14.4 Å². The second-order valence-electron chi connectivity index (χ2n) is 9.36. The summed E-state index contributed by atoms with van der Waals surface area (Å²) in [6.45, 7) is 3.84. The zero-order valence-corrected chi connectivity index (χ0v) is 21.5. The quantitative estimate of drug-likeness (QED) is 0.612. The Labute approximate surface area is 216 Å². The highest BCUT2D eigenvalue weighted by Gasteiger charge is 2.39. The van der Waals surface area contributed by atoms with Crippen molar-refractivity contribution >= 4 is 40.9 Å². The fraction of sp³-hybridized carbons (Fsp3) is 0.462. The van der Waals surface area contributed by atoms with Crippen LogP contribution in [-0.2, 0) is 9.59 Å². The Kier molecular flexibility index (Phi) is 7.97. The van der Waals surface area contributed by atoms with Crippen LogP contribution in [0.3, 0.4) is 0 Å². The summed E-state index contributed by atoms with van der Waals surface area (Å²) in [4.78, 5) is 47.9. The van der Waals surface area contributed by atoms with Gasteiger partial charge in [0.25, 0.3) is 5.91 Å². The number of aromatic nitrogens is 1. The van der Waals surface area contributed by atoms with E-state index >= 15 is 0 Å². The van der Waals surface area contributed by atoms with Gasteiger partial charge < -0.3 is 14.7 Å². The van der Waals surface area contributed by atoms with Gasteiger partial charge in [-0.3, -0.25) is 19.4 Å². The first kappa shape index (κ1) is 25.5. The molecule has 2 fully saturated rings. The molecular formula is C26H30Cl2N4O3. The molecule has 0 spiro atoms. The van der Waals surface area contributed by atoms with E-state index < -0.39 is 0 Å². The Morgan fingerprint density at radius 1 is 1.00 bits per heavy atom. The standard InChI is InChI=1S/C26H30Cl2N4O3/c1-17(33)31-11-7-18(8-12-31)26(35)32-13-9-24(30(2)25(34)20-4-3-10-29-15-20)21(16-32)19-5-6-22(27)23(28)14-19/h3-6,10,14-15,18,21,24H,7-9,11-13,16H2,1-2H3/t21-,24+/m0/s1. The Morgan fingerprint density at radius 3 is 2.34 bits per heavy atom. The van der Waals surface area contributed by atoms with E-state index in [1.54, 1.807) is 54.4 Å². The molecule has 3 heterocycles. The van der Waals surface area contributed by atoms with Gasteiger partial charge in [-0.25, -0.2) is 0 Å². The molecule has 2 aliphatic heterocycles. The summed E-state index contributed by atoms with van der Waals surface area (Å²) in [6.07, 6.45) is 5.20. The summed E-state index contributed by atoms with van der Waals surface area (Å²) in [5.41, 5.74) is 1.47. The molecule has 186 valence electrons. The number of pyridine rings is 1. The largest absolute Gasteiger partial charge is 0.343 e. The fourth-order valence-corrected chi connectivity index (χ4v) is 5.52. The third-order valence-corrected chi connectivity index (χ3v) is 8.01. The second-order valence-corrected chi connectivity index (χ2v) is 10.2. The molecule has 35 heavy (non-hydrogen) atoms. The average molecular weight is 517 g/mol. The van der Waals surface area contributed by atoms with Crippen molar-refractivity contribution in [3.8, 4) is 0 Å². The Morgan fingerprint density at radius 2 is 1.71 bits per heavy atom. The van der Waals surface area contributed by atoms with Crippen molar-refractivity contribution in [1.29, 1.82) is 0 Å². The molecule has 4 rings (SSSR count). The summed E-state index contributed by atoms with van der Waals surface area (Å²) < 4.78 is 0. The molecule has 0 bridgehead atoms. The number of carbonyl (C=O) groups excluding carboxylic acids is 3. The maximum atomic E-state index is 13.4. The normalized spacial score (nSPS) is 21.0. The number of hydrogen-bond acceptors (Lipinski definition) is 4. The first-order chi connectivity index (χ1) is 16.8. The number of rotatable bonds is 4. The van der Waals surface area contributed by atoms with Crippen molar-refractivity contribution in [2.75, 3.05) is 33.2 Å². The Hall–Kier alpha value is -2.64. The average Bonchev–Trinajstić information content (AvgIpc) is 2.89. The number of likely N-dealkylation sites (N-methyl/N-ethyl adjacent to an activating group) is 1. The van der Waals surface area contributed by atoms with Gasteiger partial charge in [-0.1, -0.05) is 29.3 Å². The molecule has 0 saturated carbocycles. The van der Waals surface area contributed by atoms with Gasteiger partial charge in [0, 0.05) is 70.4 Å². The number of benzene rings is 1. The lowest BCUT2D eigenvalue weighted by Crippen LogP contribution is -2.53. The Bertz CT molecular complexity index is 1090. The van der Waals surface area contributed by atoms with Gasteiger partial charge in [-0.05, 0) is 49.1 Å². The summed E-state index contributed by atoms with van der Waals surface area (Å²) in [5.74, 6) is -0.142. The van der Waals surface area contributed by atoms with E-state index in [-0.39, 0.29) is 35.6 Å². The van der Waals surface area contributed by atoms with E-state index in [2.05, 4.69) is 4.98 Å². The minimum atomic E-state index is -0.122. The summed E-state index contributed by atoms with van der Waals surface area (Å²) in [7, 11) is 1.81. The molecule has 0 radical (unpaired) electrons. The number of carbonyl (C=O) groups is 3. The number of hydrogen-bond donors (Lipinski definition) is 0. The molecule has 3 amide bonds. The lowest BCUT2D eigenvalue weighted by molar-refractivity contribution is -0.141. The third kappa shape index (κ3) is 5.62. The number of likely N-dealkylation sites (tertiary alicyclic amines) is 2. The van der Waals surface area contributed by atoms with Crippen LogP contribution in [-0.4, -0.2) is 76.7 Å². The fourth-order valence-electron chi connectivity index (χ4n) is 5.22. The van der Waals surface area contributed by atoms with Crippen LogP contribution in [0, 0.1) is 5.92 Å². The molecule has 2 saturated heterocycles. The van der Waals surface area contributed by atoms with Gasteiger partial charge in [-0.15, -0.1) is 0 Å². The molecule has 2 atom stereocenters. The van der Waals surface area contributed by atoms with Crippen LogP contribution in [0.1, 0.15) is 48.0 Å². The summed E-state index contributed by atoms with van der Waals surface area (Å²) in [5, 5.41) is 0.914. The minimum Gasteiger partial charge on any atom is -0.343 e. The van der Waals surface area contributed by atoms with Crippen LogP contribution in [0.25, 0.3) is 0 Å². The van der Waals surface area contributed by atoms with E-state index in [0.29, 0.717) is 61.1 Å². The van der Waals surface area contributed by atoms with Gasteiger partial charge in [0.15, 0.2) is 0 Å². The maximum absolute atomic E-state index is 13.4. The van der Waals surface area contributed by atoms with Gasteiger partial charge in [0.1, 0.15) is 0 Å². The number of nitrogens with zero attached hydrogens (tertiary/aromatic N) is 4. The second kappa shape index (κ2) is 11.0. The predicted octanol–water partition coefficient (Wildman–Crippen LogP) is 4.10. The molecule has 0 aliphatic carbocycles. The van der Waals surface area contributed by atoms with Crippen molar-refractivity contribution in [3.63, 3.8) is 0 Å². The first-order valence-electron chi connectivity index (χ1n) is 11.9. The highest BCUT2D eigenvalue weighted by Crippen LogP contribution is 2.35. The monoisotopic (exact) mass is 516 g/mol. The SMILES string of the molecule is CC(=O)N1CCC(C(=O)N2CC[C@@H](N(C)C(=O)c3cccnc3)[C@H](c3ccc(Cl)c(Cl)c3)C2)CC1. The van der Waals surface area contributed by atoms with Crippen molar-refractivity contribution < 1.29 is 14.4 Å². The molecule has 2 aromatic rings. The lowest BCUT2D eigenvalue weighted by atomic mass is 9.83. The van der Waals surface area contributed by atoms with Crippen LogP contribution in [0.5, 0.6) is 0 Å². The summed E-state index contributed by atoms with van der Waals surface area (Å²) >= 11 is 12.5. The number of amides is 3. The highest BCUT2D eigenvalue weighted by molar-refractivity contribution is 6.42.